The molecule has 5 nitrogen and oxygen atoms in total. The molecule has 1 amide bonds. The quantitative estimate of drug-likeness (QED) is 0.551. The third-order valence-electron chi connectivity index (χ3n) is 4.34. The van der Waals surface area contributed by atoms with Gasteiger partial charge in [0.15, 0.2) is 0 Å². The molecule has 0 aromatic heterocycles. The number of carboxylic acid groups (broad SMARTS) is 1. The predicted octanol–water partition coefficient (Wildman–Crippen LogP) is 4.87. The van der Waals surface area contributed by atoms with Crippen molar-refractivity contribution in [1.82, 2.24) is 0 Å². The van der Waals surface area contributed by atoms with E-state index in [2.05, 4.69) is 10.6 Å². The van der Waals surface area contributed by atoms with Crippen LogP contribution in [0.15, 0.2) is 72.8 Å². The Morgan fingerprint density at radius 2 is 1.54 bits per heavy atom. The first-order valence-corrected chi connectivity index (χ1v) is 9.06. The molecule has 3 rings (SSSR count). The highest BCUT2D eigenvalue weighted by Gasteiger charge is 2.09. The van der Waals surface area contributed by atoms with Crippen molar-refractivity contribution in [3.8, 4) is 0 Å². The van der Waals surface area contributed by atoms with Crippen LogP contribution >= 0.6 is 0 Å². The molecule has 28 heavy (non-hydrogen) atoms. The number of rotatable bonds is 7. The second-order valence-corrected chi connectivity index (χ2v) is 6.55. The lowest BCUT2D eigenvalue weighted by molar-refractivity contribution is -0.114. The molecule has 0 fully saturated rings. The van der Waals surface area contributed by atoms with Crippen LogP contribution in [-0.4, -0.2) is 17.0 Å². The SMILES string of the molecule is CC(=O)Nc1cccc(CCc2ccc(Nc3ccccc3C(=O)O)cc2)c1. The maximum atomic E-state index is 11.3. The van der Waals surface area contributed by atoms with E-state index < -0.39 is 5.97 Å². The highest BCUT2D eigenvalue weighted by Crippen LogP contribution is 2.22. The first-order chi connectivity index (χ1) is 13.5. The molecule has 0 heterocycles. The minimum Gasteiger partial charge on any atom is -0.478 e. The number of para-hydroxylation sites is 1. The molecule has 0 atom stereocenters. The molecule has 0 radical (unpaired) electrons. The second-order valence-electron chi connectivity index (χ2n) is 6.55. The smallest absolute Gasteiger partial charge is 0.337 e. The van der Waals surface area contributed by atoms with Crippen LogP contribution in [-0.2, 0) is 17.6 Å². The lowest BCUT2D eigenvalue weighted by Crippen LogP contribution is -2.06. The fraction of sp³-hybridized carbons (Fsp3) is 0.130. The van der Waals surface area contributed by atoms with Gasteiger partial charge in [-0.2, -0.15) is 0 Å². The van der Waals surface area contributed by atoms with Gasteiger partial charge < -0.3 is 15.7 Å². The number of anilines is 3. The van der Waals surface area contributed by atoms with Gasteiger partial charge in [0, 0.05) is 18.3 Å². The summed E-state index contributed by atoms with van der Waals surface area (Å²) in [6.45, 7) is 1.50. The molecule has 0 spiro atoms. The highest BCUT2D eigenvalue weighted by atomic mass is 16.4. The molecule has 0 aliphatic carbocycles. The Morgan fingerprint density at radius 3 is 2.25 bits per heavy atom. The summed E-state index contributed by atoms with van der Waals surface area (Å²) >= 11 is 0. The van der Waals surface area contributed by atoms with Crippen LogP contribution < -0.4 is 10.6 Å². The Balaban J connectivity index is 1.62. The summed E-state index contributed by atoms with van der Waals surface area (Å²) in [5.41, 5.74) is 4.79. The number of carboxylic acids is 1. The van der Waals surface area contributed by atoms with E-state index in [4.69, 9.17) is 0 Å². The van der Waals surface area contributed by atoms with Crippen LogP contribution in [0.5, 0.6) is 0 Å². The lowest BCUT2D eigenvalue weighted by atomic mass is 10.0. The van der Waals surface area contributed by atoms with Gasteiger partial charge in [-0.05, 0) is 60.4 Å². The molecular formula is C23H22N2O3. The summed E-state index contributed by atoms with van der Waals surface area (Å²) in [6.07, 6.45) is 1.73. The van der Waals surface area contributed by atoms with Crippen LogP contribution in [0.1, 0.15) is 28.4 Å². The van der Waals surface area contributed by atoms with Crippen molar-refractivity contribution in [3.63, 3.8) is 0 Å². The van der Waals surface area contributed by atoms with Gasteiger partial charge >= 0.3 is 5.97 Å². The van der Waals surface area contributed by atoms with Crippen LogP contribution in [0.3, 0.4) is 0 Å². The minimum absolute atomic E-state index is 0.0790. The number of aromatic carboxylic acids is 1. The second kappa shape index (κ2) is 8.86. The number of amides is 1. The summed E-state index contributed by atoms with van der Waals surface area (Å²) in [4.78, 5) is 22.5. The zero-order chi connectivity index (χ0) is 19.9. The maximum Gasteiger partial charge on any atom is 0.337 e. The molecule has 0 aliphatic heterocycles. The minimum atomic E-state index is -0.957. The van der Waals surface area contributed by atoms with E-state index in [-0.39, 0.29) is 11.5 Å². The van der Waals surface area contributed by atoms with Gasteiger partial charge in [0.05, 0.1) is 11.3 Å². The molecule has 3 aromatic carbocycles. The largest absolute Gasteiger partial charge is 0.478 e. The van der Waals surface area contributed by atoms with Crippen molar-refractivity contribution < 1.29 is 14.7 Å². The summed E-state index contributed by atoms with van der Waals surface area (Å²) in [6, 6.07) is 22.6. The van der Waals surface area contributed by atoms with Gasteiger partial charge in [-0.25, -0.2) is 4.79 Å². The van der Waals surface area contributed by atoms with Gasteiger partial charge in [0.25, 0.3) is 0 Å². The number of aryl methyl sites for hydroxylation is 2. The highest BCUT2D eigenvalue weighted by molar-refractivity contribution is 5.95. The van der Waals surface area contributed by atoms with Crippen molar-refractivity contribution in [2.24, 2.45) is 0 Å². The number of benzene rings is 3. The summed E-state index contributed by atoms with van der Waals surface area (Å²) in [5.74, 6) is -1.04. The predicted molar refractivity (Wildman–Crippen MR) is 111 cm³/mol. The zero-order valence-electron chi connectivity index (χ0n) is 15.6. The Morgan fingerprint density at radius 1 is 0.821 bits per heavy atom. The molecule has 0 unspecified atom stereocenters. The van der Waals surface area contributed by atoms with E-state index in [1.165, 1.54) is 12.5 Å². The molecule has 3 aromatic rings. The number of carbonyl (C=O) groups excluding carboxylic acids is 1. The first kappa shape index (κ1) is 19.2. The topological polar surface area (TPSA) is 78.4 Å². The van der Waals surface area contributed by atoms with Crippen molar-refractivity contribution in [2.45, 2.75) is 19.8 Å². The van der Waals surface area contributed by atoms with E-state index >= 15 is 0 Å². The Labute approximate surface area is 164 Å². The average molecular weight is 374 g/mol. The fourth-order valence-corrected chi connectivity index (χ4v) is 2.99. The number of hydrogen-bond donors (Lipinski definition) is 3. The Bertz CT molecular complexity index is 981. The Hall–Kier alpha value is -3.60. The third-order valence-corrected chi connectivity index (χ3v) is 4.34. The van der Waals surface area contributed by atoms with E-state index in [0.29, 0.717) is 5.69 Å². The average Bonchev–Trinajstić information content (AvgIpc) is 2.67. The molecule has 0 saturated carbocycles. The van der Waals surface area contributed by atoms with Crippen LogP contribution in [0, 0.1) is 0 Å². The molecule has 0 bridgehead atoms. The first-order valence-electron chi connectivity index (χ1n) is 9.06. The molecule has 0 aliphatic rings. The number of carbonyl (C=O) groups is 2. The van der Waals surface area contributed by atoms with Crippen molar-refractivity contribution >= 4 is 28.9 Å². The van der Waals surface area contributed by atoms with Gasteiger partial charge in [-0.3, -0.25) is 4.79 Å². The van der Waals surface area contributed by atoms with E-state index in [0.717, 1.165) is 29.8 Å². The van der Waals surface area contributed by atoms with Crippen molar-refractivity contribution in [2.75, 3.05) is 10.6 Å². The number of hydrogen-bond acceptors (Lipinski definition) is 3. The third kappa shape index (κ3) is 5.20. The molecular weight excluding hydrogens is 352 g/mol. The molecule has 5 heteroatoms. The van der Waals surface area contributed by atoms with Crippen LogP contribution in [0.2, 0.25) is 0 Å². The van der Waals surface area contributed by atoms with Gasteiger partial charge in [-0.1, -0.05) is 36.4 Å². The van der Waals surface area contributed by atoms with Crippen LogP contribution in [0.25, 0.3) is 0 Å². The van der Waals surface area contributed by atoms with Gasteiger partial charge in [0.1, 0.15) is 0 Å². The van der Waals surface area contributed by atoms with Crippen LogP contribution in [0.4, 0.5) is 17.1 Å². The maximum absolute atomic E-state index is 11.3. The zero-order valence-corrected chi connectivity index (χ0v) is 15.6. The Kier molecular flexibility index (Phi) is 6.07. The normalized spacial score (nSPS) is 10.3. The van der Waals surface area contributed by atoms with Crippen molar-refractivity contribution in [1.29, 1.82) is 0 Å². The fourth-order valence-electron chi connectivity index (χ4n) is 2.99. The molecule has 0 saturated heterocycles. The van der Waals surface area contributed by atoms with Crippen molar-refractivity contribution in [3.05, 3.63) is 89.5 Å². The standard InChI is InChI=1S/C23H22N2O3/c1-16(26)24-20-6-4-5-18(15-20)10-9-17-11-13-19(14-12-17)25-22-8-3-2-7-21(22)23(27)28/h2-8,11-15,25H,9-10H2,1H3,(H,24,26)(H,27,28). The lowest BCUT2D eigenvalue weighted by Gasteiger charge is -2.10. The van der Waals surface area contributed by atoms with Gasteiger partial charge in [0.2, 0.25) is 5.91 Å². The van der Waals surface area contributed by atoms with E-state index in [9.17, 15) is 14.7 Å². The molecule has 3 N–H and O–H groups in total. The summed E-state index contributed by atoms with van der Waals surface area (Å²) < 4.78 is 0. The van der Waals surface area contributed by atoms with Gasteiger partial charge in [-0.15, -0.1) is 0 Å². The molecule has 142 valence electrons. The summed E-state index contributed by atoms with van der Waals surface area (Å²) in [5, 5.41) is 15.2. The van der Waals surface area contributed by atoms with E-state index in [1.54, 1.807) is 24.3 Å². The van der Waals surface area contributed by atoms with E-state index in [1.807, 2.05) is 48.5 Å². The number of nitrogens with one attached hydrogen (secondary N) is 2. The summed E-state index contributed by atoms with van der Waals surface area (Å²) in [7, 11) is 0. The monoisotopic (exact) mass is 374 g/mol.